The molecular weight excluding hydrogens is 392 g/mol. The molecule has 2 amide bonds. The van der Waals surface area contributed by atoms with Crippen LogP contribution in [0, 0.1) is 6.92 Å². The lowest BCUT2D eigenvalue weighted by Crippen LogP contribution is -2.28. The summed E-state index contributed by atoms with van der Waals surface area (Å²) in [6.07, 6.45) is 1.11. The molecule has 4 nitrogen and oxygen atoms in total. The van der Waals surface area contributed by atoms with Crippen LogP contribution in [0.1, 0.15) is 28.5 Å². The first kappa shape index (κ1) is 20.2. The van der Waals surface area contributed by atoms with Gasteiger partial charge in [0.05, 0.1) is 5.75 Å². The first-order valence-electron chi connectivity index (χ1n) is 10.0. The van der Waals surface area contributed by atoms with Gasteiger partial charge in [-0.25, -0.2) is 0 Å². The van der Waals surface area contributed by atoms with Crippen molar-refractivity contribution in [3.05, 3.63) is 95.6 Å². The standard InChI is InChI=1S/C25H24N2O2S/c1-18-11-14-20(15-12-18)27-24(29)17-30-25(27)21-9-5-6-10-22(21)26-23(28)16-13-19-7-3-2-4-8-19/h2-12,14-15,25H,13,16-17H2,1H3,(H,26,28). The van der Waals surface area contributed by atoms with Crippen LogP contribution in [0.25, 0.3) is 0 Å². The Morgan fingerprint density at radius 1 is 1.00 bits per heavy atom. The van der Waals surface area contributed by atoms with Crippen LogP contribution in [0.4, 0.5) is 11.4 Å². The predicted octanol–water partition coefficient (Wildman–Crippen LogP) is 5.34. The number of hydrogen-bond acceptors (Lipinski definition) is 3. The lowest BCUT2D eigenvalue weighted by atomic mass is 10.1. The van der Waals surface area contributed by atoms with Crippen molar-refractivity contribution in [2.24, 2.45) is 0 Å². The van der Waals surface area contributed by atoms with E-state index in [1.807, 2.05) is 90.7 Å². The summed E-state index contributed by atoms with van der Waals surface area (Å²) in [5.74, 6) is 0.482. The zero-order chi connectivity index (χ0) is 20.9. The number of benzene rings is 3. The summed E-state index contributed by atoms with van der Waals surface area (Å²) < 4.78 is 0. The zero-order valence-electron chi connectivity index (χ0n) is 16.9. The van der Waals surface area contributed by atoms with E-state index < -0.39 is 0 Å². The van der Waals surface area contributed by atoms with E-state index in [0.717, 1.165) is 28.1 Å². The highest BCUT2D eigenvalue weighted by molar-refractivity contribution is 8.00. The van der Waals surface area contributed by atoms with Crippen LogP contribution in [0.2, 0.25) is 0 Å². The second-order valence-electron chi connectivity index (χ2n) is 7.38. The van der Waals surface area contributed by atoms with Gasteiger partial charge in [0.1, 0.15) is 5.37 Å². The highest BCUT2D eigenvalue weighted by Gasteiger charge is 2.35. The van der Waals surface area contributed by atoms with Crippen molar-refractivity contribution in [1.29, 1.82) is 0 Å². The summed E-state index contributed by atoms with van der Waals surface area (Å²) in [6.45, 7) is 2.03. The third kappa shape index (κ3) is 4.57. The van der Waals surface area contributed by atoms with Crippen molar-refractivity contribution in [2.45, 2.75) is 25.1 Å². The van der Waals surface area contributed by atoms with E-state index >= 15 is 0 Å². The molecule has 152 valence electrons. The number of anilines is 2. The largest absolute Gasteiger partial charge is 0.326 e. The number of amides is 2. The maximum absolute atomic E-state index is 12.7. The molecule has 1 atom stereocenters. The van der Waals surface area contributed by atoms with Crippen LogP contribution < -0.4 is 10.2 Å². The fourth-order valence-corrected chi connectivity index (χ4v) is 4.79. The first-order chi connectivity index (χ1) is 14.6. The quantitative estimate of drug-likeness (QED) is 0.590. The highest BCUT2D eigenvalue weighted by atomic mass is 32.2. The molecule has 1 unspecified atom stereocenters. The molecule has 1 fully saturated rings. The van der Waals surface area contributed by atoms with Crippen LogP contribution in [-0.4, -0.2) is 17.6 Å². The first-order valence-corrected chi connectivity index (χ1v) is 11.1. The molecule has 4 rings (SSSR count). The fourth-order valence-electron chi connectivity index (χ4n) is 3.58. The lowest BCUT2D eigenvalue weighted by Gasteiger charge is -2.26. The molecule has 1 heterocycles. The van der Waals surface area contributed by atoms with Crippen LogP contribution in [0.15, 0.2) is 78.9 Å². The molecule has 0 aromatic heterocycles. The van der Waals surface area contributed by atoms with Gasteiger partial charge >= 0.3 is 0 Å². The van der Waals surface area contributed by atoms with Gasteiger partial charge in [0, 0.05) is 23.4 Å². The molecule has 1 aliphatic rings. The minimum atomic E-state index is -0.161. The SMILES string of the molecule is Cc1ccc(N2C(=O)CSC2c2ccccc2NC(=O)CCc2ccccc2)cc1. The van der Waals surface area contributed by atoms with Crippen LogP contribution in [0.5, 0.6) is 0 Å². The topological polar surface area (TPSA) is 49.4 Å². The normalized spacial score (nSPS) is 16.0. The van der Waals surface area contributed by atoms with Crippen molar-refractivity contribution in [1.82, 2.24) is 0 Å². The minimum Gasteiger partial charge on any atom is -0.326 e. The summed E-state index contributed by atoms with van der Waals surface area (Å²) >= 11 is 1.59. The Morgan fingerprint density at radius 3 is 2.47 bits per heavy atom. The van der Waals surface area contributed by atoms with Gasteiger partial charge in [-0.3, -0.25) is 14.5 Å². The van der Waals surface area contributed by atoms with Crippen LogP contribution in [-0.2, 0) is 16.0 Å². The van der Waals surface area contributed by atoms with Gasteiger partial charge in [-0.2, -0.15) is 0 Å². The molecule has 0 bridgehead atoms. The fraction of sp³-hybridized carbons (Fsp3) is 0.200. The summed E-state index contributed by atoms with van der Waals surface area (Å²) in [5.41, 5.74) is 4.89. The molecular formula is C25H24N2O2S. The third-order valence-corrected chi connectivity index (χ3v) is 6.36. The summed E-state index contributed by atoms with van der Waals surface area (Å²) in [5, 5.41) is 2.90. The predicted molar refractivity (Wildman–Crippen MR) is 124 cm³/mol. The second-order valence-corrected chi connectivity index (χ2v) is 8.45. The Morgan fingerprint density at radius 2 is 1.70 bits per heavy atom. The summed E-state index contributed by atoms with van der Waals surface area (Å²) in [4.78, 5) is 27.1. The molecule has 1 aliphatic heterocycles. The Balaban J connectivity index is 1.52. The monoisotopic (exact) mass is 416 g/mol. The van der Waals surface area contributed by atoms with Gasteiger partial charge < -0.3 is 5.32 Å². The molecule has 1 saturated heterocycles. The Hall–Kier alpha value is -3.05. The van der Waals surface area contributed by atoms with Crippen molar-refractivity contribution in [3.8, 4) is 0 Å². The number of hydrogen-bond donors (Lipinski definition) is 1. The van der Waals surface area contributed by atoms with Gasteiger partial charge in [-0.15, -0.1) is 11.8 Å². The third-order valence-electron chi connectivity index (χ3n) is 5.16. The molecule has 30 heavy (non-hydrogen) atoms. The van der Waals surface area contributed by atoms with E-state index in [9.17, 15) is 9.59 Å². The molecule has 5 heteroatoms. The number of nitrogens with zero attached hydrogens (tertiary/aromatic N) is 1. The molecule has 0 radical (unpaired) electrons. The molecule has 0 aliphatic carbocycles. The second kappa shape index (κ2) is 9.18. The average molecular weight is 417 g/mol. The number of nitrogens with one attached hydrogen (secondary N) is 1. The van der Waals surface area contributed by atoms with Crippen molar-refractivity contribution < 1.29 is 9.59 Å². The summed E-state index contributed by atoms with van der Waals surface area (Å²) in [6, 6.07) is 25.7. The number of thioether (sulfide) groups is 1. The zero-order valence-corrected chi connectivity index (χ0v) is 17.7. The molecule has 3 aromatic carbocycles. The van der Waals surface area contributed by atoms with Gasteiger partial charge in [0.25, 0.3) is 0 Å². The van der Waals surface area contributed by atoms with Gasteiger partial charge in [-0.1, -0.05) is 66.2 Å². The minimum absolute atomic E-state index is 0.0255. The van der Waals surface area contributed by atoms with E-state index in [1.165, 1.54) is 0 Å². The Labute approximate surface area is 181 Å². The van der Waals surface area contributed by atoms with Gasteiger partial charge in [-0.05, 0) is 37.1 Å². The van der Waals surface area contributed by atoms with E-state index in [2.05, 4.69) is 5.32 Å². The smallest absolute Gasteiger partial charge is 0.238 e. The average Bonchev–Trinajstić information content (AvgIpc) is 3.15. The molecule has 0 saturated carbocycles. The number of carbonyl (C=O) groups is 2. The number of para-hydroxylation sites is 1. The molecule has 0 spiro atoms. The van der Waals surface area contributed by atoms with E-state index in [4.69, 9.17) is 0 Å². The van der Waals surface area contributed by atoms with E-state index in [0.29, 0.717) is 18.6 Å². The Bertz CT molecular complexity index is 1030. The van der Waals surface area contributed by atoms with Gasteiger partial charge in [0.2, 0.25) is 11.8 Å². The molecule has 3 aromatic rings. The van der Waals surface area contributed by atoms with Crippen molar-refractivity contribution in [2.75, 3.05) is 16.0 Å². The van der Waals surface area contributed by atoms with Gasteiger partial charge in [0.15, 0.2) is 0 Å². The Kier molecular flexibility index (Phi) is 6.19. The highest BCUT2D eigenvalue weighted by Crippen LogP contribution is 2.44. The number of aryl methyl sites for hydroxylation is 2. The lowest BCUT2D eigenvalue weighted by molar-refractivity contribution is -0.116. The van der Waals surface area contributed by atoms with Crippen LogP contribution in [0.3, 0.4) is 0 Å². The maximum atomic E-state index is 12.7. The van der Waals surface area contributed by atoms with E-state index in [-0.39, 0.29) is 17.2 Å². The van der Waals surface area contributed by atoms with Crippen LogP contribution >= 0.6 is 11.8 Å². The number of rotatable bonds is 6. The summed E-state index contributed by atoms with van der Waals surface area (Å²) in [7, 11) is 0. The molecule has 1 N–H and O–H groups in total. The van der Waals surface area contributed by atoms with Crippen molar-refractivity contribution in [3.63, 3.8) is 0 Å². The maximum Gasteiger partial charge on any atom is 0.238 e. The van der Waals surface area contributed by atoms with Crippen molar-refractivity contribution >= 4 is 35.0 Å². The number of carbonyl (C=O) groups excluding carboxylic acids is 2. The van der Waals surface area contributed by atoms with E-state index in [1.54, 1.807) is 11.8 Å².